The van der Waals surface area contributed by atoms with E-state index in [4.69, 9.17) is 16.3 Å². The summed E-state index contributed by atoms with van der Waals surface area (Å²) in [5.41, 5.74) is 2.03. The van der Waals surface area contributed by atoms with Gasteiger partial charge in [-0.25, -0.2) is 9.69 Å². The number of imide groups is 1. The molecule has 7 nitrogen and oxygen atoms in total. The normalized spacial score (nSPS) is 15.5. The van der Waals surface area contributed by atoms with E-state index in [2.05, 4.69) is 5.32 Å². The van der Waals surface area contributed by atoms with Crippen molar-refractivity contribution in [1.82, 2.24) is 4.90 Å². The Morgan fingerprint density at radius 1 is 0.971 bits per heavy atom. The number of nitrogens with zero attached hydrogens (tertiary/aromatic N) is 2. The monoisotopic (exact) mass is 477 g/mol. The molecule has 0 spiro atoms. The fourth-order valence-electron chi connectivity index (χ4n) is 3.87. The highest BCUT2D eigenvalue weighted by Crippen LogP contribution is 2.28. The summed E-state index contributed by atoms with van der Waals surface area (Å²) in [6.07, 6.45) is 0.403. The third-order valence-electron chi connectivity index (χ3n) is 5.64. The van der Waals surface area contributed by atoms with Crippen LogP contribution in [-0.4, -0.2) is 42.4 Å². The van der Waals surface area contributed by atoms with E-state index in [1.54, 1.807) is 55.6 Å². The topological polar surface area (TPSA) is 79.0 Å². The van der Waals surface area contributed by atoms with E-state index in [1.165, 1.54) is 4.90 Å². The number of halogens is 1. The zero-order chi connectivity index (χ0) is 24.1. The predicted molar refractivity (Wildman–Crippen MR) is 131 cm³/mol. The summed E-state index contributed by atoms with van der Waals surface area (Å²) in [4.78, 5) is 42.0. The minimum Gasteiger partial charge on any atom is -0.497 e. The second-order valence-electron chi connectivity index (χ2n) is 7.86. The number of rotatable bonds is 8. The Morgan fingerprint density at radius 3 is 2.29 bits per heavy atom. The number of methoxy groups -OCH3 is 1. The molecule has 3 aromatic carbocycles. The van der Waals surface area contributed by atoms with E-state index in [-0.39, 0.29) is 12.3 Å². The van der Waals surface area contributed by atoms with Crippen LogP contribution in [0.1, 0.15) is 12.0 Å². The molecule has 0 bridgehead atoms. The Bertz CT molecular complexity index is 1170. The van der Waals surface area contributed by atoms with Crippen molar-refractivity contribution in [3.05, 3.63) is 89.4 Å². The van der Waals surface area contributed by atoms with Crippen molar-refractivity contribution in [2.45, 2.75) is 18.9 Å². The van der Waals surface area contributed by atoms with E-state index in [9.17, 15) is 14.4 Å². The van der Waals surface area contributed by atoms with Crippen LogP contribution in [0.2, 0.25) is 5.02 Å². The molecule has 4 amide bonds. The van der Waals surface area contributed by atoms with Gasteiger partial charge in [-0.3, -0.25) is 9.59 Å². The first-order chi connectivity index (χ1) is 16.5. The number of hydrogen-bond donors (Lipinski definition) is 1. The summed E-state index contributed by atoms with van der Waals surface area (Å²) in [6, 6.07) is 21.7. The number of benzene rings is 3. The highest BCUT2D eigenvalue weighted by Gasteiger charge is 2.46. The molecule has 1 fully saturated rings. The molecule has 3 aromatic rings. The summed E-state index contributed by atoms with van der Waals surface area (Å²) < 4.78 is 5.13. The lowest BCUT2D eigenvalue weighted by Gasteiger charge is -2.21. The molecule has 174 valence electrons. The van der Waals surface area contributed by atoms with Gasteiger partial charge in [0.1, 0.15) is 11.8 Å². The van der Waals surface area contributed by atoms with Crippen LogP contribution < -0.4 is 15.0 Å². The van der Waals surface area contributed by atoms with Crippen LogP contribution in [0.5, 0.6) is 5.75 Å². The van der Waals surface area contributed by atoms with Crippen molar-refractivity contribution in [1.29, 1.82) is 0 Å². The molecule has 8 heteroatoms. The van der Waals surface area contributed by atoms with E-state index < -0.39 is 18.0 Å². The first-order valence-corrected chi connectivity index (χ1v) is 11.2. The number of hydrogen-bond acceptors (Lipinski definition) is 4. The molecule has 0 aliphatic carbocycles. The number of carbonyl (C=O) groups excluding carboxylic acids is 3. The molecular weight excluding hydrogens is 454 g/mol. The van der Waals surface area contributed by atoms with E-state index in [0.717, 1.165) is 10.5 Å². The largest absolute Gasteiger partial charge is 0.497 e. The van der Waals surface area contributed by atoms with Gasteiger partial charge < -0.3 is 15.0 Å². The van der Waals surface area contributed by atoms with Crippen LogP contribution in [0.3, 0.4) is 0 Å². The van der Waals surface area contributed by atoms with E-state index in [1.807, 2.05) is 30.3 Å². The maximum absolute atomic E-state index is 13.3. The molecular formula is C26H24ClN3O4. The van der Waals surface area contributed by atoms with E-state index >= 15 is 0 Å². The van der Waals surface area contributed by atoms with Crippen LogP contribution in [-0.2, 0) is 16.0 Å². The molecule has 0 aromatic heterocycles. The average Bonchev–Trinajstić information content (AvgIpc) is 3.08. The SMILES string of the molecule is COc1ccc(NC(=O)C[C@H]2C(=O)N(c3ccc(Cl)cc3)C(=O)N2CCc2ccccc2)cc1. The molecule has 1 heterocycles. The quantitative estimate of drug-likeness (QED) is 0.474. The van der Waals surface area contributed by atoms with Crippen molar-refractivity contribution in [3.63, 3.8) is 0 Å². The van der Waals surface area contributed by atoms with Gasteiger partial charge in [-0.15, -0.1) is 0 Å². The lowest BCUT2D eigenvalue weighted by molar-refractivity contribution is -0.124. The third-order valence-corrected chi connectivity index (χ3v) is 5.89. The van der Waals surface area contributed by atoms with Crippen LogP contribution in [0.25, 0.3) is 0 Å². The Balaban J connectivity index is 1.53. The maximum atomic E-state index is 13.3. The fraction of sp³-hybridized carbons (Fsp3) is 0.192. The number of ether oxygens (including phenoxy) is 1. The summed E-state index contributed by atoms with van der Waals surface area (Å²) in [5.74, 6) is -0.135. The predicted octanol–water partition coefficient (Wildman–Crippen LogP) is 4.76. The second kappa shape index (κ2) is 10.4. The number of carbonyl (C=O) groups is 3. The van der Waals surface area contributed by atoms with Gasteiger partial charge in [-0.1, -0.05) is 41.9 Å². The Morgan fingerprint density at radius 2 is 1.65 bits per heavy atom. The lowest BCUT2D eigenvalue weighted by Crippen LogP contribution is -2.39. The van der Waals surface area contributed by atoms with Gasteiger partial charge in [0, 0.05) is 17.3 Å². The Kier molecular flexibility index (Phi) is 7.13. The number of anilines is 2. The highest BCUT2D eigenvalue weighted by atomic mass is 35.5. The van der Waals surface area contributed by atoms with Crippen molar-refractivity contribution in [2.75, 3.05) is 23.9 Å². The lowest BCUT2D eigenvalue weighted by atomic mass is 10.1. The number of amides is 4. The third kappa shape index (κ3) is 5.21. The van der Waals surface area contributed by atoms with Gasteiger partial charge >= 0.3 is 6.03 Å². The maximum Gasteiger partial charge on any atom is 0.332 e. The molecule has 0 radical (unpaired) electrons. The molecule has 1 aliphatic rings. The first kappa shape index (κ1) is 23.3. The van der Waals surface area contributed by atoms with Crippen molar-refractivity contribution >= 4 is 40.8 Å². The van der Waals surface area contributed by atoms with Gasteiger partial charge in [0.05, 0.1) is 19.2 Å². The van der Waals surface area contributed by atoms with E-state index in [0.29, 0.717) is 35.1 Å². The van der Waals surface area contributed by atoms with Crippen molar-refractivity contribution < 1.29 is 19.1 Å². The Labute approximate surface area is 202 Å². The minimum absolute atomic E-state index is 0.157. The van der Waals surface area contributed by atoms with Crippen LogP contribution in [0.4, 0.5) is 16.2 Å². The number of urea groups is 1. The summed E-state index contributed by atoms with van der Waals surface area (Å²) in [7, 11) is 1.56. The van der Waals surface area contributed by atoms with Crippen molar-refractivity contribution in [2.24, 2.45) is 0 Å². The van der Waals surface area contributed by atoms with Crippen molar-refractivity contribution in [3.8, 4) is 5.75 Å². The molecule has 4 rings (SSSR count). The first-order valence-electron chi connectivity index (χ1n) is 10.8. The minimum atomic E-state index is -0.912. The zero-order valence-electron chi connectivity index (χ0n) is 18.6. The van der Waals surface area contributed by atoms with Crippen LogP contribution in [0, 0.1) is 0 Å². The van der Waals surface area contributed by atoms with Gasteiger partial charge in [0.25, 0.3) is 5.91 Å². The molecule has 1 aliphatic heterocycles. The molecule has 0 saturated carbocycles. The standard InChI is InChI=1S/C26H24ClN3O4/c1-34-22-13-9-20(10-14-22)28-24(31)17-23-25(32)30(21-11-7-19(27)8-12-21)26(33)29(23)16-15-18-5-3-2-4-6-18/h2-14,23H,15-17H2,1H3,(H,28,31)/t23-/m0/s1. The molecule has 1 saturated heterocycles. The zero-order valence-corrected chi connectivity index (χ0v) is 19.4. The van der Waals surface area contributed by atoms with Gasteiger partial charge in [0.15, 0.2) is 0 Å². The van der Waals surface area contributed by atoms with Crippen LogP contribution >= 0.6 is 11.6 Å². The molecule has 0 unspecified atom stereocenters. The fourth-order valence-corrected chi connectivity index (χ4v) is 4.00. The van der Waals surface area contributed by atoms with Gasteiger partial charge in [-0.05, 0) is 60.5 Å². The average molecular weight is 478 g/mol. The van der Waals surface area contributed by atoms with Gasteiger partial charge in [-0.2, -0.15) is 0 Å². The summed E-state index contributed by atoms with van der Waals surface area (Å²) in [6.45, 7) is 0.305. The molecule has 1 N–H and O–H groups in total. The van der Waals surface area contributed by atoms with Crippen LogP contribution in [0.15, 0.2) is 78.9 Å². The van der Waals surface area contributed by atoms with Gasteiger partial charge in [0.2, 0.25) is 5.91 Å². The number of nitrogens with one attached hydrogen (secondary N) is 1. The second-order valence-corrected chi connectivity index (χ2v) is 8.29. The highest BCUT2D eigenvalue weighted by molar-refractivity contribution is 6.30. The summed E-state index contributed by atoms with van der Waals surface area (Å²) in [5, 5.41) is 3.29. The molecule has 34 heavy (non-hydrogen) atoms. The Hall–Kier alpha value is -3.84. The smallest absolute Gasteiger partial charge is 0.332 e. The summed E-state index contributed by atoms with van der Waals surface area (Å²) >= 11 is 5.97. The molecule has 1 atom stereocenters.